The van der Waals surface area contributed by atoms with Crippen molar-refractivity contribution in [2.45, 2.75) is 12.8 Å². The zero-order valence-corrected chi connectivity index (χ0v) is 19.9. The molecule has 0 bridgehead atoms. The Bertz CT molecular complexity index is 891. The molecule has 2 heteroatoms. The molecular formula is C26H22I2-2. The number of aryl methyl sites for hydroxylation is 2. The molecule has 0 amide bonds. The van der Waals surface area contributed by atoms with Gasteiger partial charge in [-0.3, -0.25) is 0 Å². The predicted molar refractivity (Wildman–Crippen MR) is 108 cm³/mol. The van der Waals surface area contributed by atoms with Crippen LogP contribution in [0.15, 0.2) is 109 Å². The molecule has 0 heterocycles. The van der Waals surface area contributed by atoms with Crippen LogP contribution in [0.2, 0.25) is 0 Å². The van der Waals surface area contributed by atoms with Gasteiger partial charge in [0.05, 0.1) is 0 Å². The van der Waals surface area contributed by atoms with Gasteiger partial charge in [-0.2, -0.15) is 0 Å². The van der Waals surface area contributed by atoms with E-state index >= 15 is 0 Å². The second-order valence-electron chi connectivity index (χ2n) is 6.53. The van der Waals surface area contributed by atoms with Gasteiger partial charge in [-0.1, -0.05) is 0 Å². The van der Waals surface area contributed by atoms with Gasteiger partial charge >= 0.3 is 190 Å². The molecule has 0 fully saturated rings. The molecule has 0 unspecified atom stereocenters. The monoisotopic (exact) mass is 588 g/mol. The van der Waals surface area contributed by atoms with Crippen LogP contribution in [0, 0.1) is 14.3 Å². The quantitative estimate of drug-likeness (QED) is 0.261. The first kappa shape index (κ1) is 19.6. The van der Waals surface area contributed by atoms with Crippen molar-refractivity contribution in [1.29, 1.82) is 0 Å². The van der Waals surface area contributed by atoms with Crippen molar-refractivity contribution in [1.82, 2.24) is 0 Å². The van der Waals surface area contributed by atoms with Crippen molar-refractivity contribution < 1.29 is 42.4 Å². The standard InChI is InChI=1S/C26H22I2/c1-3-7-23(8-4-1)27-25-17-13-21(14-18-25)11-12-22-15-19-26(20-16-22)28-24-9-5-2-6-10-24/h1-10,13-20H,11-12H2/q-2. The van der Waals surface area contributed by atoms with Gasteiger partial charge in [0.1, 0.15) is 0 Å². The number of hydrogen-bond acceptors (Lipinski definition) is 0. The molecule has 0 aromatic heterocycles. The Morgan fingerprint density at radius 2 is 0.679 bits per heavy atom. The second kappa shape index (κ2) is 10.2. The molecule has 0 aliphatic rings. The Kier molecular flexibility index (Phi) is 7.17. The third kappa shape index (κ3) is 5.92. The summed E-state index contributed by atoms with van der Waals surface area (Å²) in [5.41, 5.74) is 2.86. The minimum atomic E-state index is -0.0609. The molecule has 0 nitrogen and oxygen atoms in total. The molecule has 28 heavy (non-hydrogen) atoms. The van der Waals surface area contributed by atoms with Gasteiger partial charge in [0.15, 0.2) is 0 Å². The van der Waals surface area contributed by atoms with Crippen LogP contribution in [0.25, 0.3) is 0 Å². The zero-order valence-electron chi connectivity index (χ0n) is 15.6. The van der Waals surface area contributed by atoms with Crippen molar-refractivity contribution in [3.8, 4) is 0 Å². The third-order valence-electron chi connectivity index (χ3n) is 4.43. The summed E-state index contributed by atoms with van der Waals surface area (Å²) in [6.07, 6.45) is 2.22. The molecule has 4 aromatic carbocycles. The number of halogens is 2. The maximum atomic E-state index is 2.32. The fraction of sp³-hybridized carbons (Fsp3) is 0.0769. The van der Waals surface area contributed by atoms with Crippen LogP contribution in [0.5, 0.6) is 0 Å². The van der Waals surface area contributed by atoms with Crippen LogP contribution in [-0.2, 0) is 12.8 Å². The van der Waals surface area contributed by atoms with E-state index in [1.54, 1.807) is 0 Å². The van der Waals surface area contributed by atoms with E-state index in [1.807, 2.05) is 0 Å². The van der Waals surface area contributed by atoms with Gasteiger partial charge in [-0.15, -0.1) is 0 Å². The fourth-order valence-corrected chi connectivity index (χ4v) is 7.35. The van der Waals surface area contributed by atoms with E-state index in [0.717, 1.165) is 12.8 Å². The molecule has 4 aromatic rings. The SMILES string of the molecule is c1ccc([I-]c2ccc(CCc3ccc([I-]c4ccccc4)cc3)cc2)cc1. The fourth-order valence-electron chi connectivity index (χ4n) is 2.92. The minimum absolute atomic E-state index is 0.0609. The van der Waals surface area contributed by atoms with Crippen molar-refractivity contribution >= 4 is 0 Å². The normalized spacial score (nSPS) is 11.0. The molecule has 4 rings (SSSR count). The summed E-state index contributed by atoms with van der Waals surface area (Å²) in [5.74, 6) is 0. The van der Waals surface area contributed by atoms with Gasteiger partial charge in [-0.05, 0) is 0 Å². The second-order valence-corrected chi connectivity index (χ2v) is 12.6. The van der Waals surface area contributed by atoms with Crippen LogP contribution in [0.1, 0.15) is 11.1 Å². The zero-order chi connectivity index (χ0) is 19.0. The van der Waals surface area contributed by atoms with E-state index in [4.69, 9.17) is 0 Å². The average molecular weight is 588 g/mol. The summed E-state index contributed by atoms with van der Waals surface area (Å²) >= 11 is -0.122. The van der Waals surface area contributed by atoms with E-state index in [1.165, 1.54) is 25.4 Å². The molecular weight excluding hydrogens is 566 g/mol. The Hall–Kier alpha value is -1.66. The molecule has 0 spiro atoms. The van der Waals surface area contributed by atoms with Crippen LogP contribution in [0.3, 0.4) is 0 Å². The molecule has 0 saturated carbocycles. The summed E-state index contributed by atoms with van der Waals surface area (Å²) in [4.78, 5) is 0. The van der Waals surface area contributed by atoms with Crippen LogP contribution < -0.4 is 42.4 Å². The van der Waals surface area contributed by atoms with Crippen molar-refractivity contribution in [3.63, 3.8) is 0 Å². The maximum absolute atomic E-state index is 2.32. The first-order valence-corrected chi connectivity index (χ1v) is 13.7. The first-order valence-electron chi connectivity index (χ1n) is 9.43. The third-order valence-corrected chi connectivity index (χ3v) is 9.80. The average Bonchev–Trinajstić information content (AvgIpc) is 2.76. The Morgan fingerprint density at radius 1 is 0.357 bits per heavy atom. The summed E-state index contributed by atoms with van der Waals surface area (Å²) < 4.78 is 5.94. The van der Waals surface area contributed by atoms with Crippen LogP contribution >= 0.6 is 0 Å². The van der Waals surface area contributed by atoms with E-state index in [-0.39, 0.29) is 42.4 Å². The molecule has 0 aliphatic heterocycles. The van der Waals surface area contributed by atoms with Gasteiger partial charge in [-0.25, -0.2) is 0 Å². The number of benzene rings is 4. The molecule has 142 valence electrons. The van der Waals surface area contributed by atoms with Gasteiger partial charge in [0, 0.05) is 0 Å². The number of rotatable bonds is 7. The topological polar surface area (TPSA) is 0 Å². The van der Waals surface area contributed by atoms with Crippen molar-refractivity contribution in [3.05, 3.63) is 135 Å². The molecule has 0 N–H and O–H groups in total. The van der Waals surface area contributed by atoms with Gasteiger partial charge < -0.3 is 0 Å². The van der Waals surface area contributed by atoms with E-state index in [0.29, 0.717) is 0 Å². The van der Waals surface area contributed by atoms with Gasteiger partial charge in [0.2, 0.25) is 0 Å². The molecule has 0 aliphatic carbocycles. The molecule has 0 saturated heterocycles. The van der Waals surface area contributed by atoms with Crippen LogP contribution in [-0.4, -0.2) is 0 Å². The molecule has 0 atom stereocenters. The van der Waals surface area contributed by atoms with E-state index < -0.39 is 0 Å². The van der Waals surface area contributed by atoms with Gasteiger partial charge in [0.25, 0.3) is 0 Å². The van der Waals surface area contributed by atoms with Crippen molar-refractivity contribution in [2.24, 2.45) is 0 Å². The summed E-state index contributed by atoms with van der Waals surface area (Å²) in [7, 11) is 0. The molecule has 0 radical (unpaired) electrons. The first-order chi connectivity index (χ1) is 13.8. The van der Waals surface area contributed by atoms with Crippen molar-refractivity contribution in [2.75, 3.05) is 0 Å². The Morgan fingerprint density at radius 3 is 1.04 bits per heavy atom. The van der Waals surface area contributed by atoms with E-state index in [2.05, 4.69) is 109 Å². The summed E-state index contributed by atoms with van der Waals surface area (Å²) in [6, 6.07) is 40.2. The van der Waals surface area contributed by atoms with Crippen LogP contribution in [0.4, 0.5) is 0 Å². The summed E-state index contributed by atoms with van der Waals surface area (Å²) in [6.45, 7) is 0. The summed E-state index contributed by atoms with van der Waals surface area (Å²) in [5, 5.41) is 0. The Labute approximate surface area is 188 Å². The number of hydrogen-bond donors (Lipinski definition) is 0. The predicted octanol–water partition coefficient (Wildman–Crippen LogP) is -0.271. The van der Waals surface area contributed by atoms with E-state index in [9.17, 15) is 0 Å². The Balaban J connectivity index is 1.30.